The van der Waals surface area contributed by atoms with E-state index in [0.29, 0.717) is 43.2 Å². The van der Waals surface area contributed by atoms with Crippen LogP contribution in [0.1, 0.15) is 71.9 Å². The number of piperidine rings is 1. The monoisotopic (exact) mass is 548 g/mol. The maximum Gasteiger partial charge on any atom is 0.306 e. The number of nitrogens with one attached hydrogen (secondary N) is 1. The standard InChI is InChI=1S/C29H36N6O3S/c1-17-13-21(7-8-22(17)14-30-26(36)23-15-31-28(39-23)29(4,5)6)24-18(2)25(33-16-32-24)34-19(3)35-11-9-20(10-12-35)27(37)38/h7-8,13,15-16,20H,9-12,14H2,1-6H3,(H,30,36)(H,37,38). The van der Waals surface area contributed by atoms with Crippen LogP contribution in [0.15, 0.2) is 35.7 Å². The zero-order chi connectivity index (χ0) is 28.3. The van der Waals surface area contributed by atoms with Crippen molar-refractivity contribution in [1.29, 1.82) is 0 Å². The molecule has 9 nitrogen and oxygen atoms in total. The summed E-state index contributed by atoms with van der Waals surface area (Å²) < 4.78 is 0. The van der Waals surface area contributed by atoms with Crippen molar-refractivity contribution < 1.29 is 14.7 Å². The summed E-state index contributed by atoms with van der Waals surface area (Å²) in [4.78, 5) is 44.8. The van der Waals surface area contributed by atoms with E-state index >= 15 is 0 Å². The van der Waals surface area contributed by atoms with Crippen LogP contribution < -0.4 is 5.32 Å². The number of amides is 1. The van der Waals surface area contributed by atoms with Crippen molar-refractivity contribution >= 4 is 34.9 Å². The predicted octanol–water partition coefficient (Wildman–Crippen LogP) is 5.29. The van der Waals surface area contributed by atoms with Crippen LogP contribution in [0, 0.1) is 19.8 Å². The van der Waals surface area contributed by atoms with Gasteiger partial charge in [-0.15, -0.1) is 11.3 Å². The lowest BCUT2D eigenvalue weighted by molar-refractivity contribution is -0.143. The molecule has 1 aliphatic heterocycles. The maximum absolute atomic E-state index is 12.7. The minimum absolute atomic E-state index is 0.0856. The summed E-state index contributed by atoms with van der Waals surface area (Å²) in [7, 11) is 0. The number of nitrogens with zero attached hydrogens (tertiary/aromatic N) is 5. The minimum Gasteiger partial charge on any atom is -0.481 e. The number of amidine groups is 1. The van der Waals surface area contributed by atoms with Crippen molar-refractivity contribution in [3.05, 3.63) is 57.3 Å². The Morgan fingerprint density at radius 1 is 1.15 bits per heavy atom. The van der Waals surface area contributed by atoms with E-state index in [1.165, 1.54) is 17.7 Å². The molecule has 0 radical (unpaired) electrons. The molecule has 2 aromatic heterocycles. The summed E-state index contributed by atoms with van der Waals surface area (Å²) in [6, 6.07) is 6.09. The summed E-state index contributed by atoms with van der Waals surface area (Å²) >= 11 is 1.43. The highest BCUT2D eigenvalue weighted by Crippen LogP contribution is 2.29. The fourth-order valence-corrected chi connectivity index (χ4v) is 5.44. The van der Waals surface area contributed by atoms with Gasteiger partial charge in [0.15, 0.2) is 5.82 Å². The number of hydrogen-bond acceptors (Lipinski definition) is 7. The highest BCUT2D eigenvalue weighted by atomic mass is 32.1. The molecule has 206 valence electrons. The second-order valence-corrected chi connectivity index (χ2v) is 12.1. The Bertz CT molecular complexity index is 1400. The Kier molecular flexibility index (Phi) is 8.44. The summed E-state index contributed by atoms with van der Waals surface area (Å²) in [5.41, 5.74) is 4.62. The number of aliphatic imine (C=N–C) groups is 1. The zero-order valence-corrected chi connectivity index (χ0v) is 24.2. The summed E-state index contributed by atoms with van der Waals surface area (Å²) in [6.07, 6.45) is 4.40. The molecule has 2 N–H and O–H groups in total. The Balaban J connectivity index is 1.45. The number of aliphatic carboxylic acids is 1. The van der Waals surface area contributed by atoms with E-state index in [2.05, 4.69) is 52.0 Å². The van der Waals surface area contributed by atoms with Gasteiger partial charge in [0.25, 0.3) is 5.91 Å². The van der Waals surface area contributed by atoms with Crippen LogP contribution >= 0.6 is 11.3 Å². The summed E-state index contributed by atoms with van der Waals surface area (Å²) in [5.74, 6) is 0.298. The number of carbonyl (C=O) groups excluding carboxylic acids is 1. The highest BCUT2D eigenvalue weighted by Gasteiger charge is 2.25. The van der Waals surface area contributed by atoms with E-state index in [4.69, 9.17) is 4.99 Å². The van der Waals surface area contributed by atoms with Crippen LogP contribution in [0.4, 0.5) is 5.82 Å². The van der Waals surface area contributed by atoms with Gasteiger partial charge in [0.2, 0.25) is 0 Å². The average molecular weight is 549 g/mol. The molecule has 3 heterocycles. The van der Waals surface area contributed by atoms with E-state index in [1.807, 2.05) is 32.9 Å². The van der Waals surface area contributed by atoms with Crippen LogP contribution in [0.2, 0.25) is 0 Å². The maximum atomic E-state index is 12.7. The molecule has 1 aliphatic rings. The molecule has 1 aromatic carbocycles. The Morgan fingerprint density at radius 3 is 2.49 bits per heavy atom. The molecule has 0 aliphatic carbocycles. The third-order valence-corrected chi connectivity index (χ3v) is 8.48. The Hall–Kier alpha value is -3.66. The van der Waals surface area contributed by atoms with Crippen LogP contribution in [0.3, 0.4) is 0 Å². The average Bonchev–Trinajstić information content (AvgIpc) is 3.40. The first-order chi connectivity index (χ1) is 18.4. The number of likely N-dealkylation sites (tertiary alicyclic amines) is 1. The third kappa shape index (κ3) is 6.68. The number of hydrogen-bond donors (Lipinski definition) is 2. The van der Waals surface area contributed by atoms with Crippen molar-refractivity contribution in [1.82, 2.24) is 25.2 Å². The van der Waals surface area contributed by atoms with Crippen molar-refractivity contribution in [2.45, 2.75) is 66.3 Å². The van der Waals surface area contributed by atoms with Crippen LogP contribution in [-0.2, 0) is 16.8 Å². The summed E-state index contributed by atoms with van der Waals surface area (Å²) in [6.45, 7) is 13.9. The molecule has 1 saturated heterocycles. The first kappa shape index (κ1) is 28.4. The number of aromatic nitrogens is 3. The van der Waals surface area contributed by atoms with Crippen molar-refractivity contribution in [2.75, 3.05) is 13.1 Å². The molecule has 0 unspecified atom stereocenters. The lowest BCUT2D eigenvalue weighted by Crippen LogP contribution is -2.39. The predicted molar refractivity (Wildman–Crippen MR) is 154 cm³/mol. The van der Waals surface area contributed by atoms with E-state index in [-0.39, 0.29) is 17.2 Å². The number of carboxylic acids is 1. The van der Waals surface area contributed by atoms with Gasteiger partial charge in [-0.05, 0) is 50.8 Å². The van der Waals surface area contributed by atoms with Gasteiger partial charge in [-0.3, -0.25) is 9.59 Å². The molecule has 4 rings (SSSR count). The lowest BCUT2D eigenvalue weighted by atomic mass is 9.97. The molecule has 1 amide bonds. The smallest absolute Gasteiger partial charge is 0.306 e. The molecule has 0 atom stereocenters. The Morgan fingerprint density at radius 2 is 1.87 bits per heavy atom. The van der Waals surface area contributed by atoms with Crippen molar-refractivity contribution in [3.8, 4) is 11.3 Å². The molecule has 0 saturated carbocycles. The second kappa shape index (κ2) is 11.6. The summed E-state index contributed by atoms with van der Waals surface area (Å²) in [5, 5.41) is 13.2. The van der Waals surface area contributed by atoms with Crippen LogP contribution in [0.5, 0.6) is 0 Å². The van der Waals surface area contributed by atoms with Gasteiger partial charge < -0.3 is 15.3 Å². The van der Waals surface area contributed by atoms with E-state index in [9.17, 15) is 14.7 Å². The van der Waals surface area contributed by atoms with Crippen molar-refractivity contribution in [3.63, 3.8) is 0 Å². The van der Waals surface area contributed by atoms with E-state index in [0.717, 1.165) is 38.8 Å². The number of aryl methyl sites for hydroxylation is 1. The fraction of sp³-hybridized carbons (Fsp3) is 0.448. The van der Waals surface area contributed by atoms with E-state index < -0.39 is 5.97 Å². The normalized spacial score (nSPS) is 14.9. The molecule has 10 heteroatoms. The minimum atomic E-state index is -0.723. The number of carbonyl (C=O) groups is 2. The molecule has 1 fully saturated rings. The molecule has 3 aromatic rings. The molecular formula is C29H36N6O3S. The van der Waals surface area contributed by atoms with E-state index in [1.54, 1.807) is 6.20 Å². The number of thiazole rings is 1. The van der Waals surface area contributed by atoms with Gasteiger partial charge in [0, 0.05) is 36.2 Å². The van der Waals surface area contributed by atoms with Gasteiger partial charge in [0.1, 0.15) is 17.0 Å². The second-order valence-electron chi connectivity index (χ2n) is 11.0. The first-order valence-corrected chi connectivity index (χ1v) is 13.9. The third-order valence-electron chi connectivity index (χ3n) is 7.05. The van der Waals surface area contributed by atoms with Crippen LogP contribution in [0.25, 0.3) is 11.3 Å². The number of benzene rings is 1. The highest BCUT2D eigenvalue weighted by molar-refractivity contribution is 7.13. The Labute approximate surface area is 233 Å². The SMILES string of the molecule is CC(=Nc1ncnc(-c2ccc(CNC(=O)c3cnc(C(C)(C)C)s3)c(C)c2)c1C)N1CCC(C(=O)O)CC1. The van der Waals surface area contributed by atoms with Gasteiger partial charge in [-0.1, -0.05) is 32.9 Å². The first-order valence-electron chi connectivity index (χ1n) is 13.1. The van der Waals surface area contributed by atoms with Gasteiger partial charge >= 0.3 is 5.97 Å². The molecular weight excluding hydrogens is 512 g/mol. The zero-order valence-electron chi connectivity index (χ0n) is 23.4. The molecule has 39 heavy (non-hydrogen) atoms. The quantitative estimate of drug-likeness (QED) is 0.317. The molecule has 0 spiro atoms. The van der Waals surface area contributed by atoms with Gasteiger partial charge in [-0.25, -0.2) is 19.9 Å². The topological polar surface area (TPSA) is 121 Å². The van der Waals surface area contributed by atoms with Gasteiger partial charge in [-0.2, -0.15) is 0 Å². The number of rotatable bonds is 6. The fourth-order valence-electron chi connectivity index (χ4n) is 4.55. The lowest BCUT2D eigenvalue weighted by Gasteiger charge is -2.31. The largest absolute Gasteiger partial charge is 0.481 e. The number of carboxylic acid groups (broad SMARTS) is 1. The van der Waals surface area contributed by atoms with Crippen molar-refractivity contribution in [2.24, 2.45) is 10.9 Å². The molecule has 0 bridgehead atoms. The van der Waals surface area contributed by atoms with Gasteiger partial charge in [0.05, 0.1) is 22.8 Å². The van der Waals surface area contributed by atoms with Crippen LogP contribution in [-0.4, -0.2) is 55.8 Å².